The molecule has 1 heterocycles. The maximum Gasteiger partial charge on any atom is 0.157 e. The highest BCUT2D eigenvalue weighted by Crippen LogP contribution is 2.13. The fourth-order valence-electron chi connectivity index (χ4n) is 1.55. The Morgan fingerprint density at radius 3 is 2.72 bits per heavy atom. The second kappa shape index (κ2) is 11.2. The smallest absolute Gasteiger partial charge is 0.157 e. The fourth-order valence-corrected chi connectivity index (χ4v) is 1.55. The third-order valence-corrected chi connectivity index (χ3v) is 2.45. The van der Waals surface area contributed by atoms with Gasteiger partial charge in [-0.15, -0.1) is 6.42 Å². The van der Waals surface area contributed by atoms with E-state index in [1.807, 2.05) is 12.2 Å². The van der Waals surface area contributed by atoms with E-state index in [1.165, 1.54) is 6.42 Å². The van der Waals surface area contributed by atoms with Crippen LogP contribution in [0.15, 0.2) is 12.2 Å². The van der Waals surface area contributed by atoms with Gasteiger partial charge in [0.2, 0.25) is 0 Å². The molecule has 4 nitrogen and oxygen atoms in total. The van der Waals surface area contributed by atoms with Gasteiger partial charge in [0.1, 0.15) is 6.61 Å². The lowest BCUT2D eigenvalue weighted by Crippen LogP contribution is -2.23. The average Bonchev–Trinajstić information content (AvgIpc) is 2.42. The van der Waals surface area contributed by atoms with E-state index in [0.717, 1.165) is 19.4 Å². The minimum Gasteiger partial charge on any atom is -0.375 e. The van der Waals surface area contributed by atoms with E-state index in [2.05, 4.69) is 5.92 Å². The van der Waals surface area contributed by atoms with E-state index in [0.29, 0.717) is 33.0 Å². The van der Waals surface area contributed by atoms with Crippen LogP contribution in [0.3, 0.4) is 0 Å². The van der Waals surface area contributed by atoms with Crippen molar-refractivity contribution < 1.29 is 18.9 Å². The lowest BCUT2D eigenvalue weighted by Gasteiger charge is -2.22. The maximum atomic E-state index is 5.52. The van der Waals surface area contributed by atoms with Crippen LogP contribution in [-0.2, 0) is 18.9 Å². The summed E-state index contributed by atoms with van der Waals surface area (Å²) >= 11 is 0. The highest BCUT2D eigenvalue weighted by atomic mass is 16.7. The molecule has 1 unspecified atom stereocenters. The number of hydrogen-bond donors (Lipinski definition) is 0. The molecule has 1 saturated heterocycles. The topological polar surface area (TPSA) is 36.9 Å². The lowest BCUT2D eigenvalue weighted by atomic mass is 10.2. The van der Waals surface area contributed by atoms with Crippen molar-refractivity contribution in [3.63, 3.8) is 0 Å². The van der Waals surface area contributed by atoms with Crippen molar-refractivity contribution in [1.29, 1.82) is 0 Å². The summed E-state index contributed by atoms with van der Waals surface area (Å²) in [7, 11) is 0. The first-order valence-electron chi connectivity index (χ1n) is 6.40. The first-order valence-corrected chi connectivity index (χ1v) is 6.40. The lowest BCUT2D eigenvalue weighted by molar-refractivity contribution is -0.168. The van der Waals surface area contributed by atoms with Gasteiger partial charge in [0, 0.05) is 6.61 Å². The molecule has 1 aliphatic heterocycles. The molecule has 0 bridgehead atoms. The largest absolute Gasteiger partial charge is 0.375 e. The summed E-state index contributed by atoms with van der Waals surface area (Å²) in [5, 5.41) is 0. The Kier molecular flexibility index (Phi) is 9.49. The first kappa shape index (κ1) is 15.2. The molecular formula is C14H22O4. The van der Waals surface area contributed by atoms with Gasteiger partial charge in [-0.2, -0.15) is 0 Å². The van der Waals surface area contributed by atoms with Gasteiger partial charge in [0.25, 0.3) is 0 Å². The molecule has 0 N–H and O–H groups in total. The summed E-state index contributed by atoms with van der Waals surface area (Å²) in [6.45, 7) is 3.40. The van der Waals surface area contributed by atoms with E-state index in [4.69, 9.17) is 25.4 Å². The molecule has 1 rings (SSSR count). The van der Waals surface area contributed by atoms with E-state index in [9.17, 15) is 0 Å². The summed E-state index contributed by atoms with van der Waals surface area (Å²) in [6, 6.07) is 0. The van der Waals surface area contributed by atoms with Crippen LogP contribution in [0.2, 0.25) is 0 Å². The fraction of sp³-hybridized carbons (Fsp3) is 0.714. The molecule has 0 radical (unpaired) electrons. The van der Waals surface area contributed by atoms with Crippen molar-refractivity contribution in [1.82, 2.24) is 0 Å². The molecule has 0 amide bonds. The molecule has 0 spiro atoms. The molecule has 0 saturated carbocycles. The molecule has 0 aliphatic carbocycles. The summed E-state index contributed by atoms with van der Waals surface area (Å²) < 4.78 is 21.4. The predicted molar refractivity (Wildman–Crippen MR) is 69.2 cm³/mol. The minimum atomic E-state index is -0.0324. The molecule has 4 heteroatoms. The predicted octanol–water partition coefficient (Wildman–Crippen LogP) is 1.75. The van der Waals surface area contributed by atoms with E-state index in [-0.39, 0.29) is 6.29 Å². The molecule has 0 aromatic rings. The molecule has 1 fully saturated rings. The SMILES string of the molecule is C#CCOC/C=C\COCCOC1CCCCO1. The van der Waals surface area contributed by atoms with Crippen molar-refractivity contribution in [3.05, 3.63) is 12.2 Å². The van der Waals surface area contributed by atoms with Gasteiger partial charge in [-0.05, 0) is 19.3 Å². The van der Waals surface area contributed by atoms with Gasteiger partial charge in [-0.25, -0.2) is 0 Å². The Morgan fingerprint density at radius 1 is 1.17 bits per heavy atom. The maximum absolute atomic E-state index is 5.52. The highest BCUT2D eigenvalue weighted by molar-refractivity contribution is 4.85. The summed E-state index contributed by atoms with van der Waals surface area (Å²) in [5.41, 5.74) is 0. The second-order valence-corrected chi connectivity index (χ2v) is 3.93. The van der Waals surface area contributed by atoms with Gasteiger partial charge < -0.3 is 18.9 Å². The van der Waals surface area contributed by atoms with Gasteiger partial charge in [0.15, 0.2) is 6.29 Å². The molecule has 1 aliphatic rings. The Labute approximate surface area is 109 Å². The first-order chi connectivity index (χ1) is 8.93. The monoisotopic (exact) mass is 254 g/mol. The van der Waals surface area contributed by atoms with Crippen molar-refractivity contribution in [3.8, 4) is 12.3 Å². The molecule has 0 aromatic carbocycles. The normalized spacial score (nSPS) is 20.1. The van der Waals surface area contributed by atoms with Crippen LogP contribution in [0.5, 0.6) is 0 Å². The van der Waals surface area contributed by atoms with E-state index < -0.39 is 0 Å². The second-order valence-electron chi connectivity index (χ2n) is 3.93. The Balaban J connectivity index is 1.82. The number of hydrogen-bond acceptors (Lipinski definition) is 4. The van der Waals surface area contributed by atoms with Crippen LogP contribution in [0, 0.1) is 12.3 Å². The van der Waals surface area contributed by atoms with Crippen molar-refractivity contribution in [2.24, 2.45) is 0 Å². The third kappa shape index (κ3) is 8.26. The van der Waals surface area contributed by atoms with E-state index in [1.54, 1.807) is 0 Å². The molecule has 0 aromatic heterocycles. The van der Waals surface area contributed by atoms with Gasteiger partial charge in [-0.1, -0.05) is 18.1 Å². The molecule has 102 valence electrons. The Morgan fingerprint density at radius 2 is 2.00 bits per heavy atom. The average molecular weight is 254 g/mol. The highest BCUT2D eigenvalue weighted by Gasteiger charge is 2.13. The van der Waals surface area contributed by atoms with Crippen molar-refractivity contribution in [2.45, 2.75) is 25.6 Å². The quantitative estimate of drug-likeness (QED) is 0.357. The van der Waals surface area contributed by atoms with Crippen molar-refractivity contribution >= 4 is 0 Å². The number of terminal acetylenes is 1. The van der Waals surface area contributed by atoms with Crippen LogP contribution in [0.1, 0.15) is 19.3 Å². The number of rotatable bonds is 9. The summed E-state index contributed by atoms with van der Waals surface area (Å²) in [5.74, 6) is 2.40. The molecular weight excluding hydrogens is 232 g/mol. The Hall–Kier alpha value is -0.860. The Bertz CT molecular complexity index is 251. The van der Waals surface area contributed by atoms with Gasteiger partial charge in [0.05, 0.1) is 26.4 Å². The van der Waals surface area contributed by atoms with Crippen LogP contribution >= 0.6 is 0 Å². The summed E-state index contributed by atoms with van der Waals surface area (Å²) in [6.07, 6.45) is 12.1. The van der Waals surface area contributed by atoms with E-state index >= 15 is 0 Å². The third-order valence-electron chi connectivity index (χ3n) is 2.45. The molecule has 1 atom stereocenters. The van der Waals surface area contributed by atoms with Crippen LogP contribution < -0.4 is 0 Å². The van der Waals surface area contributed by atoms with Gasteiger partial charge in [-0.3, -0.25) is 0 Å². The zero-order valence-electron chi connectivity index (χ0n) is 10.8. The van der Waals surface area contributed by atoms with Crippen LogP contribution in [0.4, 0.5) is 0 Å². The van der Waals surface area contributed by atoms with Gasteiger partial charge >= 0.3 is 0 Å². The van der Waals surface area contributed by atoms with Crippen LogP contribution in [0.25, 0.3) is 0 Å². The zero-order chi connectivity index (χ0) is 12.9. The minimum absolute atomic E-state index is 0.0324. The number of ether oxygens (including phenoxy) is 4. The molecule has 18 heavy (non-hydrogen) atoms. The van der Waals surface area contributed by atoms with Crippen LogP contribution in [-0.4, -0.2) is 45.9 Å². The zero-order valence-corrected chi connectivity index (χ0v) is 10.8. The summed E-state index contributed by atoms with van der Waals surface area (Å²) in [4.78, 5) is 0. The standard InChI is InChI=1S/C14H22O4/c1-2-8-15-9-5-6-10-16-12-13-18-14-7-3-4-11-17-14/h1,5-6,14H,3-4,7-13H2/b6-5-. The van der Waals surface area contributed by atoms with Crippen molar-refractivity contribution in [2.75, 3.05) is 39.6 Å².